The highest BCUT2D eigenvalue weighted by Crippen LogP contribution is 2.26. The van der Waals surface area contributed by atoms with Gasteiger partial charge in [0.1, 0.15) is 11.5 Å². The molecule has 0 aliphatic heterocycles. The maximum absolute atomic E-state index is 5.26. The molecule has 6 nitrogen and oxygen atoms in total. The van der Waals surface area contributed by atoms with E-state index < -0.39 is 0 Å². The van der Waals surface area contributed by atoms with E-state index in [0.717, 1.165) is 22.6 Å². The Morgan fingerprint density at radius 1 is 0.625 bits per heavy atom. The summed E-state index contributed by atoms with van der Waals surface area (Å²) in [6.07, 6.45) is 0. The van der Waals surface area contributed by atoms with Gasteiger partial charge in [0.15, 0.2) is 11.6 Å². The molecule has 0 saturated heterocycles. The van der Waals surface area contributed by atoms with Crippen LogP contribution in [0.3, 0.4) is 0 Å². The van der Waals surface area contributed by atoms with Gasteiger partial charge in [-0.3, -0.25) is 0 Å². The predicted octanol–water partition coefficient (Wildman–Crippen LogP) is 3.23. The Bertz CT molecular complexity index is 787. The number of nitrogens with zero attached hydrogens (tertiary/aromatic N) is 3. The molecule has 0 radical (unpaired) electrons. The lowest BCUT2D eigenvalue weighted by molar-refractivity contribution is 0.379. The molecule has 0 aliphatic carbocycles. The van der Waals surface area contributed by atoms with E-state index in [0.29, 0.717) is 11.6 Å². The third-order valence-corrected chi connectivity index (χ3v) is 3.45. The van der Waals surface area contributed by atoms with Gasteiger partial charge in [0.2, 0.25) is 0 Å². The van der Waals surface area contributed by atoms with Crippen molar-refractivity contribution in [2.75, 3.05) is 21.3 Å². The van der Waals surface area contributed by atoms with Crippen molar-refractivity contribution in [3.8, 4) is 40.3 Å². The van der Waals surface area contributed by atoms with Crippen molar-refractivity contribution < 1.29 is 14.2 Å². The topological polar surface area (TPSA) is 66.4 Å². The first-order valence-corrected chi connectivity index (χ1v) is 7.32. The van der Waals surface area contributed by atoms with E-state index in [9.17, 15) is 0 Å². The molecule has 6 heteroatoms. The van der Waals surface area contributed by atoms with Crippen LogP contribution in [0.15, 0.2) is 48.5 Å². The van der Waals surface area contributed by atoms with Crippen LogP contribution in [0.5, 0.6) is 17.5 Å². The fraction of sp³-hybridized carbons (Fsp3) is 0.167. The summed E-state index contributed by atoms with van der Waals surface area (Å²) < 4.78 is 15.7. The van der Waals surface area contributed by atoms with Crippen molar-refractivity contribution in [2.24, 2.45) is 0 Å². The minimum atomic E-state index is 0.251. The zero-order valence-corrected chi connectivity index (χ0v) is 13.7. The van der Waals surface area contributed by atoms with E-state index in [1.165, 1.54) is 7.11 Å². The van der Waals surface area contributed by atoms with Crippen LogP contribution < -0.4 is 14.2 Å². The lowest BCUT2D eigenvalue weighted by atomic mass is 10.2. The van der Waals surface area contributed by atoms with Gasteiger partial charge in [-0.1, -0.05) is 24.3 Å². The molecule has 122 valence electrons. The minimum Gasteiger partial charge on any atom is -0.497 e. The van der Waals surface area contributed by atoms with Gasteiger partial charge in [-0.25, -0.2) is 4.98 Å². The summed E-state index contributed by atoms with van der Waals surface area (Å²) in [5.74, 6) is 2.49. The molecule has 0 amide bonds. The zero-order valence-electron chi connectivity index (χ0n) is 13.7. The first-order valence-electron chi connectivity index (χ1n) is 7.32. The van der Waals surface area contributed by atoms with Gasteiger partial charge >= 0.3 is 6.01 Å². The third-order valence-electron chi connectivity index (χ3n) is 3.45. The highest BCUT2D eigenvalue weighted by Gasteiger charge is 2.12. The van der Waals surface area contributed by atoms with Gasteiger partial charge in [0, 0.05) is 11.1 Å². The number of ether oxygens (including phenoxy) is 3. The fourth-order valence-corrected chi connectivity index (χ4v) is 2.23. The Hall–Kier alpha value is -3.15. The summed E-state index contributed by atoms with van der Waals surface area (Å²) in [5, 5.41) is 0. The molecule has 3 aromatic rings. The molecule has 1 aromatic heterocycles. The summed E-state index contributed by atoms with van der Waals surface area (Å²) in [6, 6.07) is 15.3. The van der Waals surface area contributed by atoms with Gasteiger partial charge in [0.25, 0.3) is 0 Å². The van der Waals surface area contributed by atoms with Crippen molar-refractivity contribution in [2.45, 2.75) is 0 Å². The standard InChI is InChI=1S/C18H17N3O3/c1-22-14-8-4-6-12(10-14)16-19-17(21-18(20-16)24-3)13-7-5-9-15(11-13)23-2/h4-11H,1-3H3. The number of hydrogen-bond acceptors (Lipinski definition) is 6. The highest BCUT2D eigenvalue weighted by molar-refractivity contribution is 5.63. The van der Waals surface area contributed by atoms with Crippen molar-refractivity contribution in [3.05, 3.63) is 48.5 Å². The van der Waals surface area contributed by atoms with E-state index in [-0.39, 0.29) is 6.01 Å². The van der Waals surface area contributed by atoms with Crippen LogP contribution >= 0.6 is 0 Å². The highest BCUT2D eigenvalue weighted by atomic mass is 16.5. The van der Waals surface area contributed by atoms with Gasteiger partial charge in [0.05, 0.1) is 21.3 Å². The molecule has 0 saturated carbocycles. The van der Waals surface area contributed by atoms with E-state index in [4.69, 9.17) is 14.2 Å². The Labute approximate surface area is 140 Å². The number of aromatic nitrogens is 3. The molecular formula is C18H17N3O3. The Morgan fingerprint density at radius 3 is 1.54 bits per heavy atom. The van der Waals surface area contributed by atoms with Crippen molar-refractivity contribution >= 4 is 0 Å². The van der Waals surface area contributed by atoms with Crippen LogP contribution in [-0.2, 0) is 0 Å². The first kappa shape index (κ1) is 15.7. The van der Waals surface area contributed by atoms with E-state index in [2.05, 4.69) is 15.0 Å². The van der Waals surface area contributed by atoms with Gasteiger partial charge in [-0.2, -0.15) is 9.97 Å². The molecule has 0 atom stereocenters. The summed E-state index contributed by atoms with van der Waals surface area (Å²) in [4.78, 5) is 13.2. The van der Waals surface area contributed by atoms with Crippen LogP contribution in [0.1, 0.15) is 0 Å². The first-order chi connectivity index (χ1) is 11.7. The maximum atomic E-state index is 5.26. The van der Waals surface area contributed by atoms with Gasteiger partial charge in [-0.05, 0) is 24.3 Å². The second-order valence-electron chi connectivity index (χ2n) is 4.93. The van der Waals surface area contributed by atoms with Gasteiger partial charge in [-0.15, -0.1) is 0 Å². The summed E-state index contributed by atoms with van der Waals surface area (Å²) in [6.45, 7) is 0. The van der Waals surface area contributed by atoms with E-state index in [1.807, 2.05) is 48.5 Å². The summed E-state index contributed by atoms with van der Waals surface area (Å²) in [7, 11) is 4.77. The average Bonchev–Trinajstić information content (AvgIpc) is 2.67. The summed E-state index contributed by atoms with van der Waals surface area (Å²) in [5.41, 5.74) is 1.64. The van der Waals surface area contributed by atoms with Crippen molar-refractivity contribution in [3.63, 3.8) is 0 Å². The van der Waals surface area contributed by atoms with Crippen LogP contribution in [-0.4, -0.2) is 36.3 Å². The Kier molecular flexibility index (Phi) is 4.56. The molecule has 3 rings (SSSR count). The number of methoxy groups -OCH3 is 3. The third kappa shape index (κ3) is 3.27. The molecular weight excluding hydrogens is 306 g/mol. The van der Waals surface area contributed by atoms with E-state index in [1.54, 1.807) is 14.2 Å². The normalized spacial score (nSPS) is 10.3. The van der Waals surface area contributed by atoms with Crippen LogP contribution in [0.25, 0.3) is 22.8 Å². The lowest BCUT2D eigenvalue weighted by Crippen LogP contribution is -2.00. The van der Waals surface area contributed by atoms with E-state index >= 15 is 0 Å². The number of rotatable bonds is 5. The quantitative estimate of drug-likeness (QED) is 0.718. The molecule has 0 bridgehead atoms. The largest absolute Gasteiger partial charge is 0.497 e. The monoisotopic (exact) mass is 323 g/mol. The van der Waals surface area contributed by atoms with Gasteiger partial charge < -0.3 is 14.2 Å². The zero-order chi connectivity index (χ0) is 16.9. The molecule has 0 N–H and O–H groups in total. The minimum absolute atomic E-state index is 0.251. The average molecular weight is 323 g/mol. The number of benzene rings is 2. The number of hydrogen-bond donors (Lipinski definition) is 0. The smallest absolute Gasteiger partial charge is 0.320 e. The Morgan fingerprint density at radius 2 is 1.12 bits per heavy atom. The molecule has 0 unspecified atom stereocenters. The molecule has 24 heavy (non-hydrogen) atoms. The van der Waals surface area contributed by atoms with Crippen molar-refractivity contribution in [1.29, 1.82) is 0 Å². The molecule has 0 fully saturated rings. The molecule has 0 aliphatic rings. The predicted molar refractivity (Wildman–Crippen MR) is 90.4 cm³/mol. The van der Waals surface area contributed by atoms with Crippen molar-refractivity contribution in [1.82, 2.24) is 15.0 Å². The molecule has 0 spiro atoms. The lowest BCUT2D eigenvalue weighted by Gasteiger charge is -2.08. The van der Waals surface area contributed by atoms with Crippen LogP contribution in [0.2, 0.25) is 0 Å². The fourth-order valence-electron chi connectivity index (χ4n) is 2.23. The van der Waals surface area contributed by atoms with Crippen LogP contribution in [0.4, 0.5) is 0 Å². The van der Waals surface area contributed by atoms with Crippen LogP contribution in [0, 0.1) is 0 Å². The second kappa shape index (κ2) is 6.95. The SMILES string of the molecule is COc1cccc(-c2nc(OC)nc(-c3cccc(OC)c3)n2)c1. The maximum Gasteiger partial charge on any atom is 0.320 e. The molecule has 1 heterocycles. The Balaban J connectivity index is 2.11. The summed E-state index contributed by atoms with van der Waals surface area (Å²) >= 11 is 0. The second-order valence-corrected chi connectivity index (χ2v) is 4.93. The molecule has 2 aromatic carbocycles.